The van der Waals surface area contributed by atoms with Crippen LogP contribution in [0.15, 0.2) is 16.6 Å². The van der Waals surface area contributed by atoms with Crippen molar-refractivity contribution in [2.75, 3.05) is 19.8 Å². The van der Waals surface area contributed by atoms with Crippen LogP contribution in [0, 0.1) is 5.82 Å². The Hall–Kier alpha value is -0.650. The Labute approximate surface area is 95.4 Å². The molecule has 0 saturated carbocycles. The molecule has 1 saturated heterocycles. The van der Waals surface area contributed by atoms with E-state index in [1.54, 1.807) is 0 Å². The highest BCUT2D eigenvalue weighted by Crippen LogP contribution is 2.33. The van der Waals surface area contributed by atoms with Crippen LogP contribution in [-0.4, -0.2) is 24.9 Å². The van der Waals surface area contributed by atoms with Gasteiger partial charge in [0.15, 0.2) is 0 Å². The molecule has 0 aromatic heterocycles. The van der Waals surface area contributed by atoms with E-state index < -0.39 is 0 Å². The fourth-order valence-corrected chi connectivity index (χ4v) is 2.06. The average Bonchev–Trinajstić information content (AvgIpc) is 2.24. The van der Waals surface area contributed by atoms with Gasteiger partial charge in [0, 0.05) is 12.1 Å². The van der Waals surface area contributed by atoms with Gasteiger partial charge >= 0.3 is 0 Å². The van der Waals surface area contributed by atoms with E-state index in [-0.39, 0.29) is 17.6 Å². The summed E-state index contributed by atoms with van der Waals surface area (Å²) < 4.78 is 18.8. The summed E-state index contributed by atoms with van der Waals surface area (Å²) in [4.78, 5) is 0. The molecule has 0 amide bonds. The van der Waals surface area contributed by atoms with Crippen molar-refractivity contribution >= 4 is 15.9 Å². The fraction of sp³-hybridized carbons (Fsp3) is 0.400. The number of rotatable bonds is 1. The first-order chi connectivity index (χ1) is 7.18. The number of hydrogen-bond donors (Lipinski definition) is 2. The molecule has 0 bridgehead atoms. The molecule has 2 N–H and O–H groups in total. The second-order valence-electron chi connectivity index (χ2n) is 3.41. The van der Waals surface area contributed by atoms with Crippen LogP contribution in [0.3, 0.4) is 0 Å². The van der Waals surface area contributed by atoms with Gasteiger partial charge in [-0.3, -0.25) is 0 Å². The molecule has 5 heteroatoms. The molecule has 82 valence electrons. The topological polar surface area (TPSA) is 41.5 Å². The summed E-state index contributed by atoms with van der Waals surface area (Å²) in [5.41, 5.74) is 0.529. The summed E-state index contributed by atoms with van der Waals surface area (Å²) in [5, 5.41) is 12.9. The largest absolute Gasteiger partial charge is 0.506 e. The van der Waals surface area contributed by atoms with Crippen molar-refractivity contribution in [1.29, 1.82) is 0 Å². The number of phenolic OH excluding ortho intramolecular Hbond substituents is 1. The smallest absolute Gasteiger partial charge is 0.134 e. The van der Waals surface area contributed by atoms with Gasteiger partial charge in [0.25, 0.3) is 0 Å². The van der Waals surface area contributed by atoms with Crippen molar-refractivity contribution in [2.45, 2.75) is 6.04 Å². The van der Waals surface area contributed by atoms with Gasteiger partial charge in [0.1, 0.15) is 11.6 Å². The Morgan fingerprint density at radius 2 is 2.33 bits per heavy atom. The lowest BCUT2D eigenvalue weighted by Gasteiger charge is -2.25. The lowest BCUT2D eigenvalue weighted by molar-refractivity contribution is 0.0759. The summed E-state index contributed by atoms with van der Waals surface area (Å²) in [6.45, 7) is 1.80. The lowest BCUT2D eigenvalue weighted by atomic mass is 10.1. The number of phenols is 1. The van der Waals surface area contributed by atoms with Gasteiger partial charge in [-0.05, 0) is 28.1 Å². The molecule has 1 aromatic carbocycles. The highest BCUT2D eigenvalue weighted by atomic mass is 79.9. The predicted octanol–water partition coefficient (Wildman–Crippen LogP) is 1.95. The third-order valence-corrected chi connectivity index (χ3v) is 2.96. The molecule has 1 aliphatic heterocycles. The molecular formula is C10H11BrFNO2. The highest BCUT2D eigenvalue weighted by Gasteiger charge is 2.20. The molecule has 1 aromatic rings. The van der Waals surface area contributed by atoms with E-state index in [0.717, 1.165) is 0 Å². The van der Waals surface area contributed by atoms with Crippen LogP contribution in [0.5, 0.6) is 5.75 Å². The van der Waals surface area contributed by atoms with Crippen LogP contribution in [0.2, 0.25) is 0 Å². The quantitative estimate of drug-likeness (QED) is 0.823. The van der Waals surface area contributed by atoms with Crippen LogP contribution in [-0.2, 0) is 4.74 Å². The third-order valence-electron chi connectivity index (χ3n) is 2.35. The van der Waals surface area contributed by atoms with Crippen molar-refractivity contribution in [1.82, 2.24) is 5.32 Å². The minimum atomic E-state index is -0.373. The number of morpholine rings is 1. The van der Waals surface area contributed by atoms with Crippen molar-refractivity contribution in [3.8, 4) is 5.75 Å². The number of hydrogen-bond acceptors (Lipinski definition) is 3. The normalized spacial score (nSPS) is 21.6. The van der Waals surface area contributed by atoms with Crippen LogP contribution in [0.25, 0.3) is 0 Å². The molecule has 15 heavy (non-hydrogen) atoms. The molecule has 0 aliphatic carbocycles. The zero-order valence-corrected chi connectivity index (χ0v) is 9.55. The lowest BCUT2D eigenvalue weighted by Crippen LogP contribution is -2.34. The average molecular weight is 276 g/mol. The first-order valence-electron chi connectivity index (χ1n) is 4.67. The zero-order valence-electron chi connectivity index (χ0n) is 7.96. The maximum absolute atomic E-state index is 13.2. The van der Waals surface area contributed by atoms with E-state index in [1.807, 2.05) is 0 Å². The highest BCUT2D eigenvalue weighted by molar-refractivity contribution is 9.10. The maximum atomic E-state index is 13.2. The van der Waals surface area contributed by atoms with E-state index in [0.29, 0.717) is 29.8 Å². The van der Waals surface area contributed by atoms with E-state index in [9.17, 15) is 9.50 Å². The van der Waals surface area contributed by atoms with E-state index in [4.69, 9.17) is 4.74 Å². The van der Waals surface area contributed by atoms with Gasteiger partial charge in [-0.25, -0.2) is 4.39 Å². The van der Waals surface area contributed by atoms with Gasteiger partial charge in [-0.15, -0.1) is 0 Å². The van der Waals surface area contributed by atoms with Gasteiger partial charge in [0.05, 0.1) is 23.7 Å². The van der Waals surface area contributed by atoms with Crippen LogP contribution in [0.1, 0.15) is 11.6 Å². The summed E-state index contributed by atoms with van der Waals surface area (Å²) in [6.07, 6.45) is 0. The minimum absolute atomic E-state index is 0.0689. The molecule has 2 rings (SSSR count). The standard InChI is InChI=1S/C10H11BrFNO2/c11-8-4-6(12)3-7(10(8)14)9-5-15-2-1-13-9/h3-4,9,13-14H,1-2,5H2/t9-/m1/s1. The summed E-state index contributed by atoms with van der Waals surface area (Å²) in [7, 11) is 0. The molecule has 1 fully saturated rings. The SMILES string of the molecule is Oc1c(Br)cc(F)cc1[C@H]1COCCN1. The van der Waals surface area contributed by atoms with Gasteiger partial charge < -0.3 is 15.2 Å². The number of aromatic hydroxyl groups is 1. The van der Waals surface area contributed by atoms with Crippen molar-refractivity contribution < 1.29 is 14.2 Å². The second-order valence-corrected chi connectivity index (χ2v) is 4.26. The van der Waals surface area contributed by atoms with E-state index in [2.05, 4.69) is 21.2 Å². The summed E-state index contributed by atoms with van der Waals surface area (Å²) in [5.74, 6) is -0.304. The molecule has 3 nitrogen and oxygen atoms in total. The monoisotopic (exact) mass is 275 g/mol. The Morgan fingerprint density at radius 3 is 3.00 bits per heavy atom. The molecule has 0 unspecified atom stereocenters. The predicted molar refractivity (Wildman–Crippen MR) is 57.3 cm³/mol. The molecule has 0 spiro atoms. The number of benzene rings is 1. The molecule has 1 aliphatic rings. The van der Waals surface area contributed by atoms with Crippen LogP contribution in [0.4, 0.5) is 4.39 Å². The van der Waals surface area contributed by atoms with Crippen molar-refractivity contribution in [2.24, 2.45) is 0 Å². The minimum Gasteiger partial charge on any atom is -0.506 e. The number of ether oxygens (including phenoxy) is 1. The zero-order chi connectivity index (χ0) is 10.8. The molecular weight excluding hydrogens is 265 g/mol. The van der Waals surface area contributed by atoms with E-state index in [1.165, 1.54) is 12.1 Å². The van der Waals surface area contributed by atoms with Gasteiger partial charge in [0.2, 0.25) is 0 Å². The second kappa shape index (κ2) is 4.47. The first-order valence-corrected chi connectivity index (χ1v) is 5.47. The van der Waals surface area contributed by atoms with E-state index >= 15 is 0 Å². The Morgan fingerprint density at radius 1 is 1.53 bits per heavy atom. The molecule has 0 radical (unpaired) electrons. The number of halogens is 2. The van der Waals surface area contributed by atoms with Crippen LogP contribution >= 0.6 is 15.9 Å². The van der Waals surface area contributed by atoms with Crippen molar-refractivity contribution in [3.05, 3.63) is 28.0 Å². The van der Waals surface area contributed by atoms with Crippen molar-refractivity contribution in [3.63, 3.8) is 0 Å². The van der Waals surface area contributed by atoms with Gasteiger partial charge in [-0.2, -0.15) is 0 Å². The third kappa shape index (κ3) is 2.30. The first kappa shape index (κ1) is 10.9. The molecule has 1 atom stereocenters. The van der Waals surface area contributed by atoms with Gasteiger partial charge in [-0.1, -0.05) is 0 Å². The Balaban J connectivity index is 2.33. The maximum Gasteiger partial charge on any atom is 0.134 e. The summed E-state index contributed by atoms with van der Waals surface area (Å²) in [6, 6.07) is 2.42. The van der Waals surface area contributed by atoms with Crippen LogP contribution < -0.4 is 5.32 Å². The number of nitrogens with one attached hydrogen (secondary N) is 1. The Kier molecular flexibility index (Phi) is 3.23. The Bertz CT molecular complexity index is 367. The fourth-order valence-electron chi connectivity index (χ4n) is 1.62. The summed E-state index contributed by atoms with van der Waals surface area (Å²) >= 11 is 3.10. The molecule has 1 heterocycles.